The van der Waals surface area contributed by atoms with E-state index in [1.807, 2.05) is 19.1 Å². The number of likely N-dealkylation sites (N-methyl/N-ethyl adjacent to an activating group) is 1. The molecule has 0 unspecified atom stereocenters. The summed E-state index contributed by atoms with van der Waals surface area (Å²) in [6, 6.07) is 5.65. The molecule has 2 rings (SSSR count). The molecule has 0 aliphatic carbocycles. The van der Waals surface area contributed by atoms with Crippen molar-refractivity contribution in [3.63, 3.8) is 0 Å². The average molecular weight is 327 g/mol. The first-order chi connectivity index (χ1) is 11.5. The second kappa shape index (κ2) is 8.38. The smallest absolute Gasteiger partial charge is 0.272 e. The molecule has 0 atom stereocenters. The van der Waals surface area contributed by atoms with Gasteiger partial charge in [-0.15, -0.1) is 0 Å². The molecular formula is C18H25N5O. The lowest BCUT2D eigenvalue weighted by Gasteiger charge is -2.17. The van der Waals surface area contributed by atoms with Gasteiger partial charge in [0.2, 0.25) is 5.95 Å². The molecule has 0 saturated carbocycles. The van der Waals surface area contributed by atoms with E-state index in [0.717, 1.165) is 24.2 Å². The number of amides is 1. The molecule has 1 N–H and O–H groups in total. The fraction of sp³-hybridized carbons (Fsp3) is 0.444. The van der Waals surface area contributed by atoms with Crippen LogP contribution < -0.4 is 5.32 Å². The van der Waals surface area contributed by atoms with Gasteiger partial charge in [-0.25, -0.2) is 9.97 Å². The molecular weight excluding hydrogens is 302 g/mol. The number of aromatic nitrogens is 3. The number of carbonyl (C=O) groups excluding carboxylic acids is 1. The van der Waals surface area contributed by atoms with Crippen molar-refractivity contribution in [1.82, 2.24) is 19.9 Å². The third-order valence-electron chi connectivity index (χ3n) is 3.57. The second-order valence-electron chi connectivity index (χ2n) is 6.33. The fourth-order valence-corrected chi connectivity index (χ4v) is 2.20. The minimum absolute atomic E-state index is 0.0952. The quantitative estimate of drug-likeness (QED) is 0.846. The first kappa shape index (κ1) is 17.8. The zero-order valence-electron chi connectivity index (χ0n) is 14.8. The van der Waals surface area contributed by atoms with Crippen molar-refractivity contribution >= 4 is 11.9 Å². The molecule has 0 radical (unpaired) electrons. The van der Waals surface area contributed by atoms with Crippen LogP contribution in [0, 0.1) is 12.8 Å². The summed E-state index contributed by atoms with van der Waals surface area (Å²) in [5.74, 6) is 0.896. The van der Waals surface area contributed by atoms with E-state index in [9.17, 15) is 4.79 Å². The van der Waals surface area contributed by atoms with Gasteiger partial charge in [-0.1, -0.05) is 13.8 Å². The van der Waals surface area contributed by atoms with Gasteiger partial charge in [-0.2, -0.15) is 0 Å². The lowest BCUT2D eigenvalue weighted by atomic mass is 10.2. The Bertz CT molecular complexity index is 672. The van der Waals surface area contributed by atoms with Crippen molar-refractivity contribution in [2.24, 2.45) is 5.92 Å². The molecule has 0 aliphatic rings. The highest BCUT2D eigenvalue weighted by atomic mass is 16.2. The second-order valence-corrected chi connectivity index (χ2v) is 6.33. The molecule has 0 aliphatic heterocycles. The number of hydrogen-bond donors (Lipinski definition) is 1. The lowest BCUT2D eigenvalue weighted by molar-refractivity contribution is 0.0790. The van der Waals surface area contributed by atoms with E-state index in [1.165, 1.54) is 0 Å². The number of rotatable bonds is 7. The van der Waals surface area contributed by atoms with Gasteiger partial charge in [0.15, 0.2) is 0 Å². The normalized spacial score (nSPS) is 10.7. The number of carbonyl (C=O) groups is 1. The molecule has 2 aromatic heterocycles. The molecule has 0 spiro atoms. The van der Waals surface area contributed by atoms with Crippen LogP contribution in [0.5, 0.6) is 0 Å². The van der Waals surface area contributed by atoms with E-state index >= 15 is 0 Å². The molecule has 6 heteroatoms. The maximum atomic E-state index is 12.6. The van der Waals surface area contributed by atoms with Gasteiger partial charge in [0.25, 0.3) is 5.91 Å². The Hall–Kier alpha value is -2.50. The molecule has 1 amide bonds. The highest BCUT2D eigenvalue weighted by molar-refractivity contribution is 5.92. The Morgan fingerprint density at radius 2 is 1.96 bits per heavy atom. The molecule has 0 saturated heterocycles. The zero-order chi connectivity index (χ0) is 17.5. The van der Waals surface area contributed by atoms with E-state index < -0.39 is 0 Å². The Kier molecular flexibility index (Phi) is 6.23. The molecule has 24 heavy (non-hydrogen) atoms. The Morgan fingerprint density at radius 3 is 2.62 bits per heavy atom. The van der Waals surface area contributed by atoms with E-state index in [2.05, 4.69) is 34.1 Å². The highest BCUT2D eigenvalue weighted by Crippen LogP contribution is 2.09. The maximum Gasteiger partial charge on any atom is 0.272 e. The summed E-state index contributed by atoms with van der Waals surface area (Å²) in [6.45, 7) is 7.50. The first-order valence-corrected chi connectivity index (χ1v) is 8.19. The molecule has 0 bridgehead atoms. The largest absolute Gasteiger partial charge is 0.354 e. The Morgan fingerprint density at radius 1 is 1.25 bits per heavy atom. The molecule has 0 fully saturated rings. The summed E-state index contributed by atoms with van der Waals surface area (Å²) in [7, 11) is 1.79. The van der Waals surface area contributed by atoms with E-state index in [1.54, 1.807) is 30.4 Å². The molecule has 6 nitrogen and oxygen atoms in total. The van der Waals surface area contributed by atoms with Gasteiger partial charge in [0.1, 0.15) is 5.69 Å². The summed E-state index contributed by atoms with van der Waals surface area (Å²) >= 11 is 0. The minimum atomic E-state index is -0.0952. The fourth-order valence-electron chi connectivity index (χ4n) is 2.20. The number of nitrogens with zero attached hydrogens (tertiary/aromatic N) is 4. The average Bonchev–Trinajstić information content (AvgIpc) is 2.57. The van der Waals surface area contributed by atoms with Crippen LogP contribution in [0.15, 0.2) is 30.6 Å². The Labute approximate surface area is 143 Å². The van der Waals surface area contributed by atoms with E-state index in [0.29, 0.717) is 24.1 Å². The minimum Gasteiger partial charge on any atom is -0.354 e. The van der Waals surface area contributed by atoms with Crippen molar-refractivity contribution in [1.29, 1.82) is 0 Å². The van der Waals surface area contributed by atoms with E-state index in [-0.39, 0.29) is 5.91 Å². The third kappa shape index (κ3) is 5.30. The summed E-state index contributed by atoms with van der Waals surface area (Å²) in [5, 5.41) is 3.18. The summed E-state index contributed by atoms with van der Waals surface area (Å²) < 4.78 is 0. The van der Waals surface area contributed by atoms with Gasteiger partial charge < -0.3 is 10.2 Å². The number of hydrogen-bond acceptors (Lipinski definition) is 5. The SMILES string of the molecule is Cc1cc(C(=O)N(C)CCc2ccncc2)nc(NCC(C)C)n1. The molecule has 128 valence electrons. The van der Waals surface area contributed by atoms with Crippen LogP contribution in [0.25, 0.3) is 0 Å². The van der Waals surface area contributed by atoms with Crippen LogP contribution in [-0.4, -0.2) is 45.9 Å². The Balaban J connectivity index is 2.02. The van der Waals surface area contributed by atoms with Gasteiger partial charge in [0.05, 0.1) is 0 Å². The van der Waals surface area contributed by atoms with Crippen molar-refractivity contribution in [2.45, 2.75) is 27.2 Å². The van der Waals surface area contributed by atoms with Crippen LogP contribution in [0.2, 0.25) is 0 Å². The predicted octanol–water partition coefficient (Wildman–Crippen LogP) is 2.56. The van der Waals surface area contributed by atoms with Gasteiger partial charge in [-0.05, 0) is 43.0 Å². The van der Waals surface area contributed by atoms with Gasteiger partial charge in [-0.3, -0.25) is 9.78 Å². The van der Waals surface area contributed by atoms with Crippen molar-refractivity contribution in [3.8, 4) is 0 Å². The van der Waals surface area contributed by atoms with Crippen molar-refractivity contribution in [2.75, 3.05) is 25.5 Å². The van der Waals surface area contributed by atoms with Gasteiger partial charge >= 0.3 is 0 Å². The maximum absolute atomic E-state index is 12.6. The number of nitrogens with one attached hydrogen (secondary N) is 1. The molecule has 2 heterocycles. The summed E-state index contributed by atoms with van der Waals surface area (Å²) in [6.07, 6.45) is 4.31. The van der Waals surface area contributed by atoms with Crippen molar-refractivity contribution in [3.05, 3.63) is 47.5 Å². The monoisotopic (exact) mass is 327 g/mol. The summed E-state index contributed by atoms with van der Waals surface area (Å²) in [5.41, 5.74) is 2.36. The van der Waals surface area contributed by atoms with Gasteiger partial charge in [0, 0.05) is 38.2 Å². The first-order valence-electron chi connectivity index (χ1n) is 8.19. The molecule has 2 aromatic rings. The van der Waals surface area contributed by atoms with Crippen LogP contribution in [0.1, 0.15) is 35.6 Å². The topological polar surface area (TPSA) is 71.0 Å². The number of anilines is 1. The van der Waals surface area contributed by atoms with Crippen LogP contribution in [0.4, 0.5) is 5.95 Å². The van der Waals surface area contributed by atoms with Crippen LogP contribution >= 0.6 is 0 Å². The molecule has 0 aromatic carbocycles. The van der Waals surface area contributed by atoms with Crippen molar-refractivity contribution < 1.29 is 4.79 Å². The highest BCUT2D eigenvalue weighted by Gasteiger charge is 2.15. The predicted molar refractivity (Wildman–Crippen MR) is 95.0 cm³/mol. The number of pyridine rings is 1. The summed E-state index contributed by atoms with van der Waals surface area (Å²) in [4.78, 5) is 27.0. The zero-order valence-corrected chi connectivity index (χ0v) is 14.8. The van der Waals surface area contributed by atoms with E-state index in [4.69, 9.17) is 0 Å². The third-order valence-corrected chi connectivity index (χ3v) is 3.57. The van der Waals surface area contributed by atoms with Crippen LogP contribution in [-0.2, 0) is 6.42 Å². The number of aryl methyl sites for hydroxylation is 1. The van der Waals surface area contributed by atoms with Crippen LogP contribution in [0.3, 0.4) is 0 Å². The lowest BCUT2D eigenvalue weighted by Crippen LogP contribution is -2.30. The standard InChI is InChI=1S/C18H25N5O/c1-13(2)12-20-18-21-14(3)11-16(22-18)17(24)23(4)10-7-15-5-8-19-9-6-15/h5-6,8-9,11,13H,7,10,12H2,1-4H3,(H,20,21,22).